The van der Waals surface area contributed by atoms with Crippen LogP contribution in [0.15, 0.2) is 48.5 Å². The first-order valence-electron chi connectivity index (χ1n) is 10.2. The van der Waals surface area contributed by atoms with Gasteiger partial charge in [-0.2, -0.15) is 0 Å². The zero-order valence-electron chi connectivity index (χ0n) is 18.5. The van der Waals surface area contributed by atoms with Crippen LogP contribution in [0.3, 0.4) is 0 Å². The Kier molecular flexibility index (Phi) is 9.24. The van der Waals surface area contributed by atoms with Gasteiger partial charge in [0.25, 0.3) is 0 Å². The lowest BCUT2D eigenvalue weighted by Crippen LogP contribution is -2.49. The minimum Gasteiger partial charge on any atom is -0.497 e. The van der Waals surface area contributed by atoms with E-state index in [0.717, 1.165) is 17.1 Å². The lowest BCUT2D eigenvalue weighted by Gasteiger charge is -2.29. The highest BCUT2D eigenvalue weighted by atomic mass is 32.2. The van der Waals surface area contributed by atoms with E-state index in [1.54, 1.807) is 30.7 Å². The number of benzene rings is 2. The SMILES string of the molecule is COc1ccc(CN(C(=O)CSCc2cccc(C)c2)[C@H](C)C(=O)NC(C)C)cc1. The summed E-state index contributed by atoms with van der Waals surface area (Å²) in [6.45, 7) is 8.05. The highest BCUT2D eigenvalue weighted by Crippen LogP contribution is 2.18. The minimum atomic E-state index is -0.554. The van der Waals surface area contributed by atoms with E-state index in [4.69, 9.17) is 4.74 Å². The molecule has 0 saturated heterocycles. The third kappa shape index (κ3) is 7.41. The summed E-state index contributed by atoms with van der Waals surface area (Å²) in [4.78, 5) is 27.3. The summed E-state index contributed by atoms with van der Waals surface area (Å²) in [7, 11) is 1.62. The van der Waals surface area contributed by atoms with Crippen LogP contribution in [0.4, 0.5) is 0 Å². The molecule has 1 N–H and O–H groups in total. The van der Waals surface area contributed by atoms with Gasteiger partial charge in [0, 0.05) is 18.3 Å². The summed E-state index contributed by atoms with van der Waals surface area (Å²) in [6.07, 6.45) is 0. The summed E-state index contributed by atoms with van der Waals surface area (Å²) in [5.41, 5.74) is 3.36. The third-order valence-corrected chi connectivity index (χ3v) is 5.68. The first-order chi connectivity index (χ1) is 14.3. The minimum absolute atomic E-state index is 0.0218. The Labute approximate surface area is 184 Å². The van der Waals surface area contributed by atoms with Crippen LogP contribution in [0.2, 0.25) is 0 Å². The highest BCUT2D eigenvalue weighted by Gasteiger charge is 2.26. The lowest BCUT2D eigenvalue weighted by molar-refractivity contribution is -0.138. The lowest BCUT2D eigenvalue weighted by atomic mass is 10.1. The van der Waals surface area contributed by atoms with E-state index in [1.165, 1.54) is 11.1 Å². The Bertz CT molecular complexity index is 837. The van der Waals surface area contributed by atoms with Gasteiger partial charge in [0.1, 0.15) is 11.8 Å². The molecule has 162 valence electrons. The van der Waals surface area contributed by atoms with Crippen molar-refractivity contribution in [1.29, 1.82) is 0 Å². The summed E-state index contributed by atoms with van der Waals surface area (Å²) in [6, 6.07) is 15.3. The Balaban J connectivity index is 2.07. The van der Waals surface area contributed by atoms with Crippen molar-refractivity contribution >= 4 is 23.6 Å². The van der Waals surface area contributed by atoms with Crippen LogP contribution in [-0.4, -0.2) is 41.7 Å². The summed E-state index contributed by atoms with van der Waals surface area (Å²) in [5.74, 6) is 1.65. The Morgan fingerprint density at radius 1 is 1.07 bits per heavy atom. The molecule has 0 fully saturated rings. The highest BCUT2D eigenvalue weighted by molar-refractivity contribution is 7.99. The maximum absolute atomic E-state index is 13.1. The zero-order chi connectivity index (χ0) is 22.1. The zero-order valence-corrected chi connectivity index (χ0v) is 19.3. The molecule has 0 unspecified atom stereocenters. The van der Waals surface area contributed by atoms with Crippen LogP contribution in [0.5, 0.6) is 5.75 Å². The molecule has 2 amide bonds. The average molecular weight is 429 g/mol. The van der Waals surface area contributed by atoms with E-state index in [-0.39, 0.29) is 17.9 Å². The second-order valence-corrected chi connectivity index (χ2v) is 8.68. The number of hydrogen-bond acceptors (Lipinski definition) is 4. The van der Waals surface area contributed by atoms with E-state index < -0.39 is 6.04 Å². The van der Waals surface area contributed by atoms with E-state index in [0.29, 0.717) is 12.3 Å². The predicted octanol–water partition coefficient (Wildman–Crippen LogP) is 4.18. The van der Waals surface area contributed by atoms with Crippen LogP contribution in [0, 0.1) is 6.92 Å². The molecule has 0 saturated carbocycles. The first-order valence-corrected chi connectivity index (χ1v) is 11.3. The average Bonchev–Trinajstić information content (AvgIpc) is 2.71. The van der Waals surface area contributed by atoms with Crippen molar-refractivity contribution in [1.82, 2.24) is 10.2 Å². The Morgan fingerprint density at radius 2 is 1.77 bits per heavy atom. The number of nitrogens with zero attached hydrogens (tertiary/aromatic N) is 1. The van der Waals surface area contributed by atoms with Gasteiger partial charge in [0.2, 0.25) is 11.8 Å². The molecule has 0 bridgehead atoms. The molecule has 0 heterocycles. The van der Waals surface area contributed by atoms with E-state index in [2.05, 4.69) is 30.4 Å². The topological polar surface area (TPSA) is 58.6 Å². The fraction of sp³-hybridized carbons (Fsp3) is 0.417. The molecule has 6 heteroatoms. The number of hydrogen-bond donors (Lipinski definition) is 1. The molecule has 2 aromatic rings. The number of thioether (sulfide) groups is 1. The van der Waals surface area contributed by atoms with Crippen molar-refractivity contribution in [3.8, 4) is 5.75 Å². The van der Waals surface area contributed by atoms with Gasteiger partial charge < -0.3 is 15.0 Å². The quantitative estimate of drug-likeness (QED) is 0.617. The molecule has 5 nitrogen and oxygen atoms in total. The molecule has 0 aromatic heterocycles. The number of rotatable bonds is 10. The molecule has 1 atom stereocenters. The van der Waals surface area contributed by atoms with Gasteiger partial charge in [-0.15, -0.1) is 11.8 Å². The molecule has 30 heavy (non-hydrogen) atoms. The number of aryl methyl sites for hydroxylation is 1. The van der Waals surface area contributed by atoms with Crippen LogP contribution in [0.25, 0.3) is 0 Å². The molecule has 0 aliphatic rings. The van der Waals surface area contributed by atoms with Crippen molar-refractivity contribution in [2.45, 2.75) is 52.1 Å². The number of nitrogens with one attached hydrogen (secondary N) is 1. The van der Waals surface area contributed by atoms with E-state index in [9.17, 15) is 9.59 Å². The molecular weight excluding hydrogens is 396 g/mol. The standard InChI is InChI=1S/C24H32N2O3S/c1-17(2)25-24(28)19(4)26(14-20-9-11-22(29-5)12-10-20)23(27)16-30-15-21-8-6-7-18(3)13-21/h6-13,17,19H,14-16H2,1-5H3,(H,25,28)/t19-/m1/s1. The van der Waals surface area contributed by atoms with Crippen molar-refractivity contribution in [3.63, 3.8) is 0 Å². The van der Waals surface area contributed by atoms with Crippen molar-refractivity contribution in [3.05, 3.63) is 65.2 Å². The third-order valence-electron chi connectivity index (χ3n) is 4.69. The number of carbonyl (C=O) groups is 2. The normalized spacial score (nSPS) is 11.8. The van der Waals surface area contributed by atoms with Gasteiger partial charge in [0.05, 0.1) is 12.9 Å². The molecule has 0 spiro atoms. The van der Waals surface area contributed by atoms with Crippen molar-refractivity contribution < 1.29 is 14.3 Å². The van der Waals surface area contributed by atoms with Crippen LogP contribution in [-0.2, 0) is 21.9 Å². The van der Waals surface area contributed by atoms with Gasteiger partial charge >= 0.3 is 0 Å². The first kappa shape index (κ1) is 23.8. The number of amides is 2. The number of methoxy groups -OCH3 is 1. The number of ether oxygens (including phenoxy) is 1. The van der Waals surface area contributed by atoms with Gasteiger partial charge in [0.15, 0.2) is 0 Å². The molecule has 0 aliphatic heterocycles. The van der Waals surface area contributed by atoms with Gasteiger partial charge in [-0.05, 0) is 51.0 Å². The predicted molar refractivity (Wildman–Crippen MR) is 124 cm³/mol. The summed E-state index contributed by atoms with van der Waals surface area (Å²) >= 11 is 1.57. The Morgan fingerprint density at radius 3 is 2.37 bits per heavy atom. The molecule has 0 aliphatic carbocycles. The maximum atomic E-state index is 13.1. The second-order valence-electron chi connectivity index (χ2n) is 7.69. The maximum Gasteiger partial charge on any atom is 0.242 e. The van der Waals surface area contributed by atoms with Gasteiger partial charge in [-0.3, -0.25) is 9.59 Å². The fourth-order valence-electron chi connectivity index (χ4n) is 3.06. The van der Waals surface area contributed by atoms with E-state index in [1.807, 2.05) is 44.2 Å². The molecule has 2 rings (SSSR count). The number of carbonyl (C=O) groups excluding carboxylic acids is 2. The second kappa shape index (κ2) is 11.6. The van der Waals surface area contributed by atoms with E-state index >= 15 is 0 Å². The monoisotopic (exact) mass is 428 g/mol. The van der Waals surface area contributed by atoms with Gasteiger partial charge in [-0.25, -0.2) is 0 Å². The molecule has 2 aromatic carbocycles. The fourth-order valence-corrected chi connectivity index (χ4v) is 3.91. The van der Waals surface area contributed by atoms with Crippen molar-refractivity contribution in [2.24, 2.45) is 0 Å². The molecule has 0 radical (unpaired) electrons. The van der Waals surface area contributed by atoms with Crippen LogP contribution >= 0.6 is 11.8 Å². The molecular formula is C24H32N2O3S. The van der Waals surface area contributed by atoms with Gasteiger partial charge in [-0.1, -0.05) is 42.0 Å². The Hall–Kier alpha value is -2.47. The smallest absolute Gasteiger partial charge is 0.242 e. The summed E-state index contributed by atoms with van der Waals surface area (Å²) in [5, 5.41) is 2.91. The largest absolute Gasteiger partial charge is 0.497 e. The van der Waals surface area contributed by atoms with Crippen molar-refractivity contribution in [2.75, 3.05) is 12.9 Å². The van der Waals surface area contributed by atoms with Crippen LogP contribution in [0.1, 0.15) is 37.5 Å². The van der Waals surface area contributed by atoms with Crippen LogP contribution < -0.4 is 10.1 Å². The summed E-state index contributed by atoms with van der Waals surface area (Å²) < 4.78 is 5.21.